The number of hydrogen-bond donors (Lipinski definition) is 2. The lowest BCUT2D eigenvalue weighted by Crippen LogP contribution is -2.42. The van der Waals surface area contributed by atoms with Crippen LogP contribution in [0, 0.1) is 23.5 Å². The van der Waals surface area contributed by atoms with Crippen LogP contribution in [0.3, 0.4) is 0 Å². The van der Waals surface area contributed by atoms with Crippen molar-refractivity contribution in [2.24, 2.45) is 11.8 Å². The first-order valence-electron chi connectivity index (χ1n) is 10.4. The van der Waals surface area contributed by atoms with Gasteiger partial charge in [0, 0.05) is 37.0 Å². The summed E-state index contributed by atoms with van der Waals surface area (Å²) in [5.41, 5.74) is 7.75. The molecule has 0 amide bonds. The van der Waals surface area contributed by atoms with Gasteiger partial charge >= 0.3 is 0 Å². The van der Waals surface area contributed by atoms with Gasteiger partial charge in [0.15, 0.2) is 17.3 Å². The van der Waals surface area contributed by atoms with Crippen molar-refractivity contribution < 1.29 is 18.3 Å². The highest BCUT2D eigenvalue weighted by atomic mass is 19.1. The third-order valence-corrected chi connectivity index (χ3v) is 6.11. The molecule has 5 nitrogen and oxygen atoms in total. The normalized spacial score (nSPS) is 24.7. The number of Topliss-reactive ketones (excluding diaryl/α,β-unsaturated/α-hetero) is 1. The Hall–Kier alpha value is -2.35. The fourth-order valence-electron chi connectivity index (χ4n) is 4.58. The van der Waals surface area contributed by atoms with Crippen LogP contribution in [0.4, 0.5) is 8.78 Å². The number of carbonyl (C=O) groups excluding carboxylic acids is 1. The summed E-state index contributed by atoms with van der Waals surface area (Å²) in [6.45, 7) is 3.16. The third kappa shape index (κ3) is 4.53. The quantitative estimate of drug-likeness (QED) is 0.709. The Morgan fingerprint density at radius 1 is 1.23 bits per heavy atom. The van der Waals surface area contributed by atoms with Gasteiger partial charge in [0.2, 0.25) is 0 Å². The molecule has 2 aliphatic heterocycles. The third-order valence-electron chi connectivity index (χ3n) is 6.11. The van der Waals surface area contributed by atoms with E-state index in [-0.39, 0.29) is 35.2 Å². The molecule has 0 radical (unpaired) electrons. The molecule has 2 fully saturated rings. The van der Waals surface area contributed by atoms with Crippen LogP contribution in [-0.2, 0) is 0 Å². The maximum Gasteiger partial charge on any atom is 0.167 e. The zero-order valence-corrected chi connectivity index (χ0v) is 17.0. The summed E-state index contributed by atoms with van der Waals surface area (Å²) in [5, 5.41) is 0. The molecule has 30 heavy (non-hydrogen) atoms. The summed E-state index contributed by atoms with van der Waals surface area (Å²) in [7, 11) is 1.41. The monoisotopic (exact) mass is 415 g/mol. The van der Waals surface area contributed by atoms with E-state index >= 15 is 0 Å². The number of rotatable bonds is 6. The van der Waals surface area contributed by atoms with Crippen LogP contribution < -0.4 is 15.6 Å². The lowest BCUT2D eigenvalue weighted by atomic mass is 9.88. The molecule has 160 valence electrons. The molecule has 0 aromatic heterocycles. The second kappa shape index (κ2) is 9.20. The van der Waals surface area contributed by atoms with Crippen molar-refractivity contribution in [3.63, 3.8) is 0 Å². The standard InChI is InChI=1S/C23H27F2N3O2/c1-30-21-8-7-16(11-20(21)25)23(29)17-5-3-9-28(13-17)14-18-12-26-27-22(18)15-4-2-6-19(24)10-15/h2,4,6-8,10-11,17-18,22,26-27H,3,5,9,12-14H2,1H3. The van der Waals surface area contributed by atoms with E-state index in [0.717, 1.165) is 38.0 Å². The number of ether oxygens (including phenoxy) is 1. The summed E-state index contributed by atoms with van der Waals surface area (Å²) < 4.78 is 32.6. The molecule has 7 heteroatoms. The van der Waals surface area contributed by atoms with Crippen molar-refractivity contribution >= 4 is 5.78 Å². The number of methoxy groups -OCH3 is 1. The predicted octanol–water partition coefficient (Wildman–Crippen LogP) is 3.33. The van der Waals surface area contributed by atoms with Crippen LogP contribution in [0.2, 0.25) is 0 Å². The Morgan fingerprint density at radius 2 is 2.10 bits per heavy atom. The van der Waals surface area contributed by atoms with E-state index in [9.17, 15) is 13.6 Å². The minimum Gasteiger partial charge on any atom is -0.494 e. The van der Waals surface area contributed by atoms with E-state index in [4.69, 9.17) is 4.74 Å². The van der Waals surface area contributed by atoms with E-state index in [0.29, 0.717) is 12.1 Å². The fraction of sp³-hybridized carbons (Fsp3) is 0.435. The van der Waals surface area contributed by atoms with Crippen LogP contribution in [0.15, 0.2) is 42.5 Å². The molecule has 0 bridgehead atoms. The van der Waals surface area contributed by atoms with Crippen molar-refractivity contribution in [2.75, 3.05) is 33.3 Å². The van der Waals surface area contributed by atoms with Crippen LogP contribution in [0.25, 0.3) is 0 Å². The molecule has 3 unspecified atom stereocenters. The van der Waals surface area contributed by atoms with Crippen molar-refractivity contribution in [2.45, 2.75) is 18.9 Å². The molecule has 2 aromatic rings. The summed E-state index contributed by atoms with van der Waals surface area (Å²) >= 11 is 0. The highest BCUT2D eigenvalue weighted by Crippen LogP contribution is 2.29. The van der Waals surface area contributed by atoms with Crippen LogP contribution in [0.5, 0.6) is 5.75 Å². The molecular formula is C23H27F2N3O2. The maximum absolute atomic E-state index is 14.0. The number of nitrogens with one attached hydrogen (secondary N) is 2. The van der Waals surface area contributed by atoms with E-state index in [2.05, 4.69) is 15.8 Å². The highest BCUT2D eigenvalue weighted by Gasteiger charge is 2.33. The maximum atomic E-state index is 14.0. The first-order chi connectivity index (χ1) is 14.5. The number of hydrogen-bond acceptors (Lipinski definition) is 5. The number of ketones is 1. The van der Waals surface area contributed by atoms with Crippen molar-refractivity contribution in [3.05, 3.63) is 65.2 Å². The Kier molecular flexibility index (Phi) is 6.41. The molecule has 2 saturated heterocycles. The smallest absolute Gasteiger partial charge is 0.167 e. The Balaban J connectivity index is 1.41. The van der Waals surface area contributed by atoms with Gasteiger partial charge in [0.25, 0.3) is 0 Å². The minimum absolute atomic E-state index is 0.0208. The van der Waals surface area contributed by atoms with Gasteiger partial charge < -0.3 is 9.64 Å². The van der Waals surface area contributed by atoms with Gasteiger partial charge in [-0.1, -0.05) is 12.1 Å². The van der Waals surface area contributed by atoms with Gasteiger partial charge in [-0.15, -0.1) is 0 Å². The van der Waals surface area contributed by atoms with Crippen molar-refractivity contribution in [1.82, 2.24) is 15.8 Å². The molecule has 0 spiro atoms. The Labute approximate surface area is 175 Å². The molecule has 2 aromatic carbocycles. The molecule has 2 heterocycles. The second-order valence-corrected chi connectivity index (χ2v) is 8.13. The molecule has 0 saturated carbocycles. The number of piperidine rings is 1. The zero-order valence-electron chi connectivity index (χ0n) is 17.0. The lowest BCUT2D eigenvalue weighted by molar-refractivity contribution is 0.0798. The zero-order chi connectivity index (χ0) is 21.1. The van der Waals surface area contributed by atoms with E-state index in [1.807, 2.05) is 6.07 Å². The Bertz CT molecular complexity index is 908. The van der Waals surface area contributed by atoms with Crippen molar-refractivity contribution in [3.8, 4) is 5.75 Å². The van der Waals surface area contributed by atoms with Crippen LogP contribution in [-0.4, -0.2) is 44.0 Å². The van der Waals surface area contributed by atoms with E-state index in [1.54, 1.807) is 18.2 Å². The van der Waals surface area contributed by atoms with Gasteiger partial charge in [-0.05, 0) is 55.3 Å². The van der Waals surface area contributed by atoms with Gasteiger partial charge in [0.1, 0.15) is 5.82 Å². The second-order valence-electron chi connectivity index (χ2n) is 8.13. The highest BCUT2D eigenvalue weighted by molar-refractivity contribution is 5.98. The lowest BCUT2D eigenvalue weighted by Gasteiger charge is -2.34. The summed E-state index contributed by atoms with van der Waals surface area (Å²) in [6.07, 6.45) is 1.73. The Morgan fingerprint density at radius 3 is 2.87 bits per heavy atom. The average Bonchev–Trinajstić information content (AvgIpc) is 3.21. The molecule has 2 N–H and O–H groups in total. The minimum atomic E-state index is -0.517. The molecule has 2 aliphatic rings. The largest absolute Gasteiger partial charge is 0.494 e. The number of benzene rings is 2. The first-order valence-corrected chi connectivity index (χ1v) is 10.4. The fourth-order valence-corrected chi connectivity index (χ4v) is 4.58. The average molecular weight is 415 g/mol. The van der Waals surface area contributed by atoms with Gasteiger partial charge in [-0.25, -0.2) is 14.2 Å². The number of hydrazine groups is 1. The molecule has 0 aliphatic carbocycles. The summed E-state index contributed by atoms with van der Waals surface area (Å²) in [5.74, 6) is -0.528. The van der Waals surface area contributed by atoms with E-state index in [1.165, 1.54) is 25.3 Å². The molecule has 3 atom stereocenters. The van der Waals surface area contributed by atoms with Gasteiger partial charge in [-0.3, -0.25) is 10.2 Å². The first kappa shape index (κ1) is 20.9. The predicted molar refractivity (Wildman–Crippen MR) is 110 cm³/mol. The number of carbonyl (C=O) groups is 1. The number of halogens is 2. The van der Waals surface area contributed by atoms with Crippen LogP contribution >= 0.6 is 0 Å². The number of nitrogens with zero attached hydrogens (tertiary/aromatic N) is 1. The van der Waals surface area contributed by atoms with E-state index < -0.39 is 5.82 Å². The molecular weight excluding hydrogens is 388 g/mol. The van der Waals surface area contributed by atoms with Crippen LogP contribution in [0.1, 0.15) is 34.8 Å². The molecule has 4 rings (SSSR count). The number of likely N-dealkylation sites (tertiary alicyclic amines) is 1. The van der Waals surface area contributed by atoms with Gasteiger partial charge in [-0.2, -0.15) is 0 Å². The summed E-state index contributed by atoms with van der Waals surface area (Å²) in [4.78, 5) is 15.3. The van der Waals surface area contributed by atoms with Crippen molar-refractivity contribution in [1.29, 1.82) is 0 Å². The SMILES string of the molecule is COc1ccc(C(=O)C2CCCN(CC3CNNC3c3cccc(F)c3)C2)cc1F. The topological polar surface area (TPSA) is 53.6 Å². The van der Waals surface area contributed by atoms with Gasteiger partial charge in [0.05, 0.1) is 13.2 Å². The summed E-state index contributed by atoms with van der Waals surface area (Å²) in [6, 6.07) is 11.1.